The van der Waals surface area contributed by atoms with E-state index in [0.29, 0.717) is 17.2 Å². The number of allylic oxidation sites excluding steroid dienone is 2. The van der Waals surface area contributed by atoms with Crippen LogP contribution in [0.5, 0.6) is 5.75 Å². The molecule has 0 atom stereocenters. The molecule has 0 aromatic heterocycles. The van der Waals surface area contributed by atoms with Gasteiger partial charge in [-0.1, -0.05) is 30.4 Å². The summed E-state index contributed by atoms with van der Waals surface area (Å²) in [6.07, 6.45) is 5.46. The second-order valence-corrected chi connectivity index (χ2v) is 5.93. The number of fused-ring (bicyclic) bond motifs is 1. The van der Waals surface area contributed by atoms with Crippen LogP contribution in [0.15, 0.2) is 66.7 Å². The van der Waals surface area contributed by atoms with Gasteiger partial charge in [0.05, 0.1) is 5.56 Å². The normalized spacial score (nSPS) is 11.2. The number of halogens is 2. The highest BCUT2D eigenvalue weighted by atomic mass is 19.1. The van der Waals surface area contributed by atoms with E-state index in [2.05, 4.69) is 0 Å². The van der Waals surface area contributed by atoms with Crippen molar-refractivity contribution >= 4 is 16.7 Å². The van der Waals surface area contributed by atoms with E-state index in [-0.39, 0.29) is 17.1 Å². The Labute approximate surface area is 150 Å². The Bertz CT molecular complexity index is 977. The molecule has 2 nitrogen and oxygen atoms in total. The summed E-state index contributed by atoms with van der Waals surface area (Å²) in [4.78, 5) is 12.3. The fourth-order valence-electron chi connectivity index (χ4n) is 2.74. The van der Waals surface area contributed by atoms with Gasteiger partial charge in [0, 0.05) is 5.39 Å². The van der Waals surface area contributed by atoms with E-state index in [1.54, 1.807) is 24.3 Å². The molecule has 0 aliphatic rings. The number of hydrogen-bond donors (Lipinski definition) is 0. The lowest BCUT2D eigenvalue weighted by molar-refractivity contribution is 0.0730. The molecular formula is C22H18F2O2. The number of hydrogen-bond acceptors (Lipinski definition) is 2. The summed E-state index contributed by atoms with van der Waals surface area (Å²) in [6.45, 7) is 1.93. The summed E-state index contributed by atoms with van der Waals surface area (Å²) in [5, 5.41) is 1.04. The molecule has 0 saturated carbocycles. The molecule has 0 fully saturated rings. The number of esters is 1. The zero-order valence-electron chi connectivity index (χ0n) is 14.3. The maximum Gasteiger partial charge on any atom is 0.346 e. The average molecular weight is 352 g/mol. The van der Waals surface area contributed by atoms with Crippen LogP contribution in [0.4, 0.5) is 8.78 Å². The predicted octanol–water partition coefficient (Wildman–Crippen LogP) is 5.85. The first-order chi connectivity index (χ1) is 12.6. The number of carbonyl (C=O) groups is 1. The lowest BCUT2D eigenvalue weighted by Gasteiger charge is -2.08. The maximum absolute atomic E-state index is 14.2. The molecule has 0 radical (unpaired) electrons. The van der Waals surface area contributed by atoms with Crippen LogP contribution in [0.2, 0.25) is 0 Å². The number of benzene rings is 3. The summed E-state index contributed by atoms with van der Waals surface area (Å²) in [6, 6.07) is 13.8. The van der Waals surface area contributed by atoms with Gasteiger partial charge in [0.1, 0.15) is 17.4 Å². The first-order valence-electron chi connectivity index (χ1n) is 8.38. The molecule has 3 rings (SSSR count). The van der Waals surface area contributed by atoms with Gasteiger partial charge in [-0.15, -0.1) is 0 Å². The Morgan fingerprint density at radius 3 is 2.65 bits per heavy atom. The SMILES string of the molecule is C/C=C/CCc1ccc(C(=O)Oc2ccc3c(F)cccc3c2)c(F)c1. The molecule has 4 heteroatoms. The third kappa shape index (κ3) is 3.97. The molecule has 3 aromatic carbocycles. The molecule has 0 bridgehead atoms. The maximum atomic E-state index is 14.2. The van der Waals surface area contributed by atoms with Gasteiger partial charge in [-0.25, -0.2) is 13.6 Å². The first kappa shape index (κ1) is 17.8. The summed E-state index contributed by atoms with van der Waals surface area (Å²) in [5.74, 6) is -1.50. The number of rotatable bonds is 5. The highest BCUT2D eigenvalue weighted by Crippen LogP contribution is 2.24. The van der Waals surface area contributed by atoms with Gasteiger partial charge in [-0.2, -0.15) is 0 Å². The van der Waals surface area contributed by atoms with E-state index in [1.165, 1.54) is 30.3 Å². The van der Waals surface area contributed by atoms with E-state index in [1.807, 2.05) is 19.1 Å². The highest BCUT2D eigenvalue weighted by molar-refractivity contribution is 5.92. The van der Waals surface area contributed by atoms with Crippen LogP contribution in [0.1, 0.15) is 29.3 Å². The van der Waals surface area contributed by atoms with Gasteiger partial charge in [-0.05, 0) is 67.1 Å². The van der Waals surface area contributed by atoms with Gasteiger partial charge in [0.25, 0.3) is 0 Å². The summed E-state index contributed by atoms with van der Waals surface area (Å²) >= 11 is 0. The standard InChI is InChI=1S/C22H18F2O2/c1-2-3-4-6-15-9-11-19(21(24)13-15)22(25)26-17-10-12-18-16(14-17)7-5-8-20(18)23/h2-3,5,7-14H,4,6H2,1H3/b3-2+. The van der Waals surface area contributed by atoms with E-state index in [4.69, 9.17) is 4.74 Å². The summed E-state index contributed by atoms with van der Waals surface area (Å²) < 4.78 is 33.2. The molecule has 0 saturated heterocycles. The fourth-order valence-corrected chi connectivity index (χ4v) is 2.74. The zero-order valence-corrected chi connectivity index (χ0v) is 14.3. The Kier molecular flexibility index (Phi) is 5.42. The highest BCUT2D eigenvalue weighted by Gasteiger charge is 2.15. The molecule has 0 spiro atoms. The molecule has 0 aliphatic heterocycles. The largest absolute Gasteiger partial charge is 0.423 e. The molecule has 0 aliphatic carbocycles. The molecule has 0 N–H and O–H groups in total. The Hall–Kier alpha value is -3.01. The minimum atomic E-state index is -0.779. The number of aryl methyl sites for hydroxylation is 1. The van der Waals surface area contributed by atoms with Gasteiger partial charge in [-0.3, -0.25) is 0 Å². The quantitative estimate of drug-likeness (QED) is 0.327. The van der Waals surface area contributed by atoms with Crippen molar-refractivity contribution in [3.63, 3.8) is 0 Å². The van der Waals surface area contributed by atoms with Crippen molar-refractivity contribution in [2.24, 2.45) is 0 Å². The zero-order chi connectivity index (χ0) is 18.5. The lowest BCUT2D eigenvalue weighted by atomic mass is 10.1. The van der Waals surface area contributed by atoms with E-state index in [9.17, 15) is 13.6 Å². The molecule has 3 aromatic rings. The van der Waals surface area contributed by atoms with Crippen LogP contribution in [0.3, 0.4) is 0 Å². The third-order valence-electron chi connectivity index (χ3n) is 4.10. The molecule has 26 heavy (non-hydrogen) atoms. The Morgan fingerprint density at radius 2 is 1.88 bits per heavy atom. The Morgan fingerprint density at radius 1 is 1.04 bits per heavy atom. The van der Waals surface area contributed by atoms with E-state index >= 15 is 0 Å². The van der Waals surface area contributed by atoms with Gasteiger partial charge < -0.3 is 4.74 Å². The summed E-state index contributed by atoms with van der Waals surface area (Å²) in [5.41, 5.74) is 0.692. The van der Waals surface area contributed by atoms with Crippen molar-refractivity contribution < 1.29 is 18.3 Å². The van der Waals surface area contributed by atoms with Crippen molar-refractivity contribution in [1.82, 2.24) is 0 Å². The number of ether oxygens (including phenoxy) is 1. The van der Waals surface area contributed by atoms with Crippen molar-refractivity contribution in [1.29, 1.82) is 0 Å². The van der Waals surface area contributed by atoms with Crippen LogP contribution in [-0.2, 0) is 6.42 Å². The molecule has 0 heterocycles. The second-order valence-electron chi connectivity index (χ2n) is 5.93. The molecular weight excluding hydrogens is 334 g/mol. The molecule has 0 amide bonds. The molecule has 132 valence electrons. The minimum Gasteiger partial charge on any atom is -0.423 e. The van der Waals surface area contributed by atoms with Crippen LogP contribution < -0.4 is 4.74 Å². The van der Waals surface area contributed by atoms with E-state index in [0.717, 1.165) is 12.0 Å². The Balaban J connectivity index is 1.77. The van der Waals surface area contributed by atoms with Crippen LogP contribution in [0, 0.1) is 11.6 Å². The second kappa shape index (κ2) is 7.91. The monoisotopic (exact) mass is 352 g/mol. The van der Waals surface area contributed by atoms with Gasteiger partial charge in [0.2, 0.25) is 0 Å². The lowest BCUT2D eigenvalue weighted by Crippen LogP contribution is -2.11. The minimum absolute atomic E-state index is 0.126. The van der Waals surface area contributed by atoms with Crippen molar-refractivity contribution in [3.05, 3.63) is 89.5 Å². The van der Waals surface area contributed by atoms with Crippen molar-refractivity contribution in [3.8, 4) is 5.75 Å². The first-order valence-corrected chi connectivity index (χ1v) is 8.38. The predicted molar refractivity (Wildman–Crippen MR) is 98.4 cm³/mol. The number of carbonyl (C=O) groups excluding carboxylic acids is 1. The third-order valence-corrected chi connectivity index (χ3v) is 4.10. The molecule has 0 unspecified atom stereocenters. The van der Waals surface area contributed by atoms with Crippen LogP contribution in [-0.4, -0.2) is 5.97 Å². The van der Waals surface area contributed by atoms with E-state index < -0.39 is 11.8 Å². The average Bonchev–Trinajstić information content (AvgIpc) is 2.62. The van der Waals surface area contributed by atoms with Crippen molar-refractivity contribution in [2.75, 3.05) is 0 Å². The smallest absolute Gasteiger partial charge is 0.346 e. The van der Waals surface area contributed by atoms with Crippen LogP contribution in [0.25, 0.3) is 10.8 Å². The fraction of sp³-hybridized carbons (Fsp3) is 0.136. The summed E-state index contributed by atoms with van der Waals surface area (Å²) in [7, 11) is 0. The van der Waals surface area contributed by atoms with Crippen LogP contribution >= 0.6 is 0 Å². The van der Waals surface area contributed by atoms with Gasteiger partial charge in [0.15, 0.2) is 0 Å². The topological polar surface area (TPSA) is 26.3 Å². The van der Waals surface area contributed by atoms with Gasteiger partial charge >= 0.3 is 5.97 Å². The van der Waals surface area contributed by atoms with Crippen molar-refractivity contribution in [2.45, 2.75) is 19.8 Å².